The molecule has 0 saturated heterocycles. The van der Waals surface area contributed by atoms with Crippen molar-refractivity contribution in [1.82, 2.24) is 5.32 Å². The van der Waals surface area contributed by atoms with Crippen LogP contribution in [0, 0.1) is 0 Å². The van der Waals surface area contributed by atoms with Gasteiger partial charge in [0.05, 0.1) is 11.9 Å². The Hall–Kier alpha value is -0.390. The van der Waals surface area contributed by atoms with Crippen molar-refractivity contribution < 1.29 is 43.8 Å². The van der Waals surface area contributed by atoms with Gasteiger partial charge in [0.1, 0.15) is 30.6 Å². The second-order valence-electron chi connectivity index (χ2n) is 3.66. The number of hydrogen-bond acceptors (Lipinski definition) is 7. The molecule has 0 aliphatic rings. The molecule has 0 aliphatic heterocycles. The van der Waals surface area contributed by atoms with E-state index in [0.29, 0.717) is 0 Å². The third kappa shape index (κ3) is 6.86. The van der Waals surface area contributed by atoms with Gasteiger partial charge in [-0.05, 0) is 0 Å². The highest BCUT2D eigenvalue weighted by Gasteiger charge is 2.38. The smallest absolute Gasteiger partial charge is 0.394 e. The van der Waals surface area contributed by atoms with E-state index in [2.05, 4.69) is 20.5 Å². The Morgan fingerprint density at radius 3 is 2.30 bits per heavy atom. The number of halogens is 1. The zero-order valence-corrected chi connectivity index (χ0v) is 12.5. The average Bonchev–Trinajstić information content (AvgIpc) is 2.39. The number of aliphatic hydroxyl groups excluding tert-OH is 3. The quantitative estimate of drug-likeness (QED) is 0.141. The van der Waals surface area contributed by atoms with Crippen molar-refractivity contribution in [3.8, 4) is 0 Å². The van der Waals surface area contributed by atoms with E-state index >= 15 is 0 Å². The van der Waals surface area contributed by atoms with Gasteiger partial charge in [0, 0.05) is 0 Å². The summed E-state index contributed by atoms with van der Waals surface area (Å²) < 4.78 is 15.0. The first-order valence-corrected chi connectivity index (χ1v) is 7.83. The van der Waals surface area contributed by atoms with Crippen LogP contribution in [-0.2, 0) is 18.7 Å². The summed E-state index contributed by atoms with van der Waals surface area (Å²) >= 11 is 2.79. The molecule has 0 rings (SSSR count). The van der Waals surface area contributed by atoms with Crippen molar-refractivity contribution >= 4 is 35.9 Å². The first-order chi connectivity index (χ1) is 9.16. The van der Waals surface area contributed by atoms with Crippen LogP contribution in [0.1, 0.15) is 0 Å². The van der Waals surface area contributed by atoms with Gasteiger partial charge in [-0.25, -0.2) is 4.57 Å². The molecule has 0 radical (unpaired) electrons. The monoisotopic (exact) mass is 379 g/mol. The molecule has 0 spiro atoms. The zero-order chi connectivity index (χ0) is 15.9. The lowest BCUT2D eigenvalue weighted by Gasteiger charge is -2.30. The minimum atomic E-state index is -5.12. The second-order valence-corrected chi connectivity index (χ2v) is 5.42. The van der Waals surface area contributed by atoms with Crippen LogP contribution in [0.4, 0.5) is 0 Å². The normalized spacial score (nSPS) is 17.9. The minimum Gasteiger partial charge on any atom is -0.394 e. The van der Waals surface area contributed by atoms with Gasteiger partial charge in [-0.3, -0.25) is 9.32 Å². The van der Waals surface area contributed by atoms with Crippen molar-refractivity contribution in [1.29, 1.82) is 0 Å². The molecule has 0 aromatic carbocycles. The van der Waals surface area contributed by atoms with Crippen LogP contribution in [0.2, 0.25) is 0 Å². The van der Waals surface area contributed by atoms with Gasteiger partial charge in [-0.1, -0.05) is 15.9 Å². The molecule has 10 nitrogen and oxygen atoms in total. The van der Waals surface area contributed by atoms with Crippen LogP contribution in [0.25, 0.3) is 0 Å². The highest BCUT2D eigenvalue weighted by molar-refractivity contribution is 9.09. The van der Waals surface area contributed by atoms with Crippen LogP contribution in [0.15, 0.2) is 0 Å². The first-order valence-electron chi connectivity index (χ1n) is 5.17. The SMILES string of the molecule is O=C[C@H](NC(=O)CBr)[C@@H](OP(=O)(O)O)[C@H](O)[C@H](O)CO. The third-order valence-corrected chi connectivity index (χ3v) is 3.15. The van der Waals surface area contributed by atoms with Gasteiger partial charge >= 0.3 is 7.82 Å². The summed E-state index contributed by atoms with van der Waals surface area (Å²) in [4.78, 5) is 39.5. The minimum absolute atomic E-state index is 0.0776. The molecule has 6 N–H and O–H groups in total. The lowest BCUT2D eigenvalue weighted by atomic mass is 10.0. The number of aldehydes is 1. The summed E-state index contributed by atoms with van der Waals surface area (Å²) in [5, 5.41) is 29.4. The Bertz CT molecular complexity index is 375. The number of hydrogen-bond donors (Lipinski definition) is 6. The largest absolute Gasteiger partial charge is 0.470 e. The zero-order valence-electron chi connectivity index (χ0n) is 10.00. The molecule has 0 unspecified atom stereocenters. The van der Waals surface area contributed by atoms with Crippen LogP contribution >= 0.6 is 23.8 Å². The molecule has 0 saturated carbocycles. The molecule has 0 aliphatic carbocycles. The molecule has 0 fully saturated rings. The lowest BCUT2D eigenvalue weighted by molar-refractivity contribution is -0.128. The van der Waals surface area contributed by atoms with Crippen LogP contribution in [0.5, 0.6) is 0 Å². The van der Waals surface area contributed by atoms with Crippen molar-refractivity contribution in [2.75, 3.05) is 11.9 Å². The molecular weight excluding hydrogens is 365 g/mol. The lowest BCUT2D eigenvalue weighted by Crippen LogP contribution is -2.54. The molecule has 0 bridgehead atoms. The number of phosphoric ester groups is 1. The van der Waals surface area contributed by atoms with E-state index in [0.717, 1.165) is 0 Å². The molecule has 4 atom stereocenters. The fraction of sp³-hybridized carbons (Fsp3) is 0.750. The van der Waals surface area contributed by atoms with Gasteiger partial charge in [0.2, 0.25) is 5.91 Å². The maximum absolute atomic E-state index is 11.2. The summed E-state index contributed by atoms with van der Waals surface area (Å²) in [7, 11) is -5.12. The number of amides is 1. The summed E-state index contributed by atoms with van der Waals surface area (Å²) in [5.74, 6) is -0.716. The Morgan fingerprint density at radius 1 is 1.40 bits per heavy atom. The number of alkyl halides is 1. The van der Waals surface area contributed by atoms with Gasteiger partial charge in [-0.15, -0.1) is 0 Å². The highest BCUT2D eigenvalue weighted by Crippen LogP contribution is 2.39. The molecule has 0 heterocycles. The topological polar surface area (TPSA) is 174 Å². The number of phosphoric acid groups is 1. The molecule has 1 amide bonds. The molecule has 20 heavy (non-hydrogen) atoms. The predicted molar refractivity (Wildman–Crippen MR) is 67.8 cm³/mol. The fourth-order valence-electron chi connectivity index (χ4n) is 1.24. The summed E-state index contributed by atoms with van der Waals surface area (Å²) in [5.41, 5.74) is 0. The van der Waals surface area contributed by atoms with E-state index in [1.807, 2.05) is 5.32 Å². The van der Waals surface area contributed by atoms with Crippen LogP contribution in [0.3, 0.4) is 0 Å². The van der Waals surface area contributed by atoms with Gasteiger partial charge in [0.25, 0.3) is 0 Å². The molecular formula is C8H15BrNO9P. The number of carbonyl (C=O) groups is 2. The summed E-state index contributed by atoms with van der Waals surface area (Å²) in [6, 6.07) is -1.64. The van der Waals surface area contributed by atoms with E-state index in [1.54, 1.807) is 0 Å². The van der Waals surface area contributed by atoms with E-state index in [9.17, 15) is 24.4 Å². The van der Waals surface area contributed by atoms with E-state index in [-0.39, 0.29) is 11.6 Å². The summed E-state index contributed by atoms with van der Waals surface area (Å²) in [6.45, 7) is -0.944. The molecule has 12 heteroatoms. The fourth-order valence-corrected chi connectivity index (χ4v) is 1.98. The molecule has 0 aromatic heterocycles. The van der Waals surface area contributed by atoms with Gasteiger partial charge in [-0.2, -0.15) is 0 Å². The van der Waals surface area contributed by atoms with Crippen LogP contribution < -0.4 is 5.32 Å². The average molecular weight is 380 g/mol. The van der Waals surface area contributed by atoms with Gasteiger partial charge < -0.3 is 35.2 Å². The van der Waals surface area contributed by atoms with Crippen molar-refractivity contribution in [2.24, 2.45) is 0 Å². The standard InChI is InChI=1S/C8H15BrNO9P/c9-1-6(14)10-4(2-11)8(19-20(16,17)18)7(15)5(13)3-12/h2,4-5,7-8,12-13,15H,1,3H2,(H,10,14)(H2,16,17,18)/t4-,5+,7+,8+/m0/s1. The Balaban J connectivity index is 5.20. The van der Waals surface area contributed by atoms with Gasteiger partial charge in [0.15, 0.2) is 0 Å². The summed E-state index contributed by atoms with van der Waals surface area (Å²) in [6.07, 6.45) is -5.71. The van der Waals surface area contributed by atoms with E-state index in [4.69, 9.17) is 14.9 Å². The third-order valence-electron chi connectivity index (χ3n) is 2.13. The maximum Gasteiger partial charge on any atom is 0.470 e. The number of nitrogens with one attached hydrogen (secondary N) is 1. The first kappa shape index (κ1) is 19.6. The maximum atomic E-state index is 11.2. The van der Waals surface area contributed by atoms with E-state index in [1.165, 1.54) is 0 Å². The van der Waals surface area contributed by atoms with Crippen LogP contribution in [-0.4, -0.2) is 73.6 Å². The van der Waals surface area contributed by atoms with Crippen molar-refractivity contribution in [2.45, 2.75) is 24.4 Å². The predicted octanol–water partition coefficient (Wildman–Crippen LogP) is -2.74. The molecule has 118 valence electrons. The highest BCUT2D eigenvalue weighted by atomic mass is 79.9. The number of rotatable bonds is 9. The Labute approximate surface area is 122 Å². The number of aliphatic hydroxyl groups is 3. The van der Waals surface area contributed by atoms with Crippen molar-refractivity contribution in [3.63, 3.8) is 0 Å². The molecule has 0 aromatic rings. The van der Waals surface area contributed by atoms with E-state index < -0.39 is 44.7 Å². The Kier molecular flexibility index (Phi) is 8.63. The number of carbonyl (C=O) groups excluding carboxylic acids is 2. The van der Waals surface area contributed by atoms with Crippen molar-refractivity contribution in [3.05, 3.63) is 0 Å². The Morgan fingerprint density at radius 2 is 1.95 bits per heavy atom. The second kappa shape index (κ2) is 8.80.